The van der Waals surface area contributed by atoms with Gasteiger partial charge in [-0.15, -0.1) is 0 Å². The highest BCUT2D eigenvalue weighted by atomic mass is 16.5. The van der Waals surface area contributed by atoms with Crippen molar-refractivity contribution in [2.75, 3.05) is 33.4 Å². The Balaban J connectivity index is 1.99. The van der Waals surface area contributed by atoms with Crippen molar-refractivity contribution in [3.8, 4) is 0 Å². The van der Waals surface area contributed by atoms with Gasteiger partial charge >= 0.3 is 0 Å². The zero-order valence-corrected chi connectivity index (χ0v) is 10.8. The van der Waals surface area contributed by atoms with E-state index in [-0.39, 0.29) is 5.91 Å². The van der Waals surface area contributed by atoms with Gasteiger partial charge in [-0.1, -0.05) is 0 Å². The maximum atomic E-state index is 12.0. The molecule has 0 bridgehead atoms. The van der Waals surface area contributed by atoms with Crippen LogP contribution >= 0.6 is 0 Å². The molecule has 1 saturated heterocycles. The monoisotopic (exact) mass is 251 g/mol. The first-order chi connectivity index (χ1) is 8.83. The first kappa shape index (κ1) is 13.1. The molecule has 1 fully saturated rings. The van der Waals surface area contributed by atoms with E-state index in [9.17, 15) is 4.79 Å². The quantitative estimate of drug-likeness (QED) is 0.761. The molecule has 0 unspecified atom stereocenters. The van der Waals surface area contributed by atoms with Gasteiger partial charge in [0.25, 0.3) is 5.91 Å². The SMILES string of the molecule is COCCNC(=O)c1cccn1C1CCNCC1. The Labute approximate surface area is 108 Å². The topological polar surface area (TPSA) is 55.3 Å². The molecule has 1 aliphatic rings. The molecule has 100 valence electrons. The van der Waals surface area contributed by atoms with E-state index < -0.39 is 0 Å². The number of nitrogens with zero attached hydrogens (tertiary/aromatic N) is 1. The predicted molar refractivity (Wildman–Crippen MR) is 69.8 cm³/mol. The lowest BCUT2D eigenvalue weighted by molar-refractivity contribution is 0.0924. The van der Waals surface area contributed by atoms with E-state index in [2.05, 4.69) is 15.2 Å². The van der Waals surface area contributed by atoms with Crippen LogP contribution in [0.25, 0.3) is 0 Å². The van der Waals surface area contributed by atoms with Gasteiger partial charge in [-0.05, 0) is 38.1 Å². The Kier molecular flexibility index (Phi) is 4.78. The normalized spacial score (nSPS) is 16.7. The first-order valence-electron chi connectivity index (χ1n) is 6.47. The van der Waals surface area contributed by atoms with E-state index in [1.54, 1.807) is 7.11 Å². The van der Waals surface area contributed by atoms with E-state index >= 15 is 0 Å². The molecule has 0 saturated carbocycles. The van der Waals surface area contributed by atoms with Gasteiger partial charge in [-0.3, -0.25) is 4.79 Å². The Morgan fingerprint density at radius 2 is 2.33 bits per heavy atom. The number of aromatic nitrogens is 1. The van der Waals surface area contributed by atoms with Crippen molar-refractivity contribution in [3.05, 3.63) is 24.0 Å². The zero-order valence-electron chi connectivity index (χ0n) is 10.8. The molecule has 1 aromatic rings. The van der Waals surface area contributed by atoms with Crippen LogP contribution in [0.4, 0.5) is 0 Å². The highest BCUT2D eigenvalue weighted by Gasteiger charge is 2.19. The number of hydrogen-bond donors (Lipinski definition) is 2. The van der Waals surface area contributed by atoms with Crippen LogP contribution in [-0.4, -0.2) is 43.8 Å². The molecular formula is C13H21N3O2. The van der Waals surface area contributed by atoms with E-state index in [4.69, 9.17) is 4.74 Å². The van der Waals surface area contributed by atoms with Crippen molar-refractivity contribution in [3.63, 3.8) is 0 Å². The van der Waals surface area contributed by atoms with Crippen LogP contribution in [0, 0.1) is 0 Å². The van der Waals surface area contributed by atoms with Crippen LogP contribution in [0.2, 0.25) is 0 Å². The van der Waals surface area contributed by atoms with Crippen molar-refractivity contribution in [2.24, 2.45) is 0 Å². The second-order valence-electron chi connectivity index (χ2n) is 4.53. The van der Waals surface area contributed by atoms with Crippen molar-refractivity contribution in [1.82, 2.24) is 15.2 Å². The third-order valence-corrected chi connectivity index (χ3v) is 3.31. The molecule has 5 nitrogen and oxygen atoms in total. The van der Waals surface area contributed by atoms with Crippen molar-refractivity contribution in [2.45, 2.75) is 18.9 Å². The molecule has 1 amide bonds. The second kappa shape index (κ2) is 6.56. The molecule has 5 heteroatoms. The average Bonchev–Trinajstić information content (AvgIpc) is 2.89. The van der Waals surface area contributed by atoms with Gasteiger partial charge in [0, 0.05) is 25.9 Å². The van der Waals surface area contributed by atoms with Gasteiger partial charge in [0.2, 0.25) is 0 Å². The Morgan fingerprint density at radius 1 is 1.56 bits per heavy atom. The van der Waals surface area contributed by atoms with E-state index in [0.717, 1.165) is 31.6 Å². The van der Waals surface area contributed by atoms with Crippen LogP contribution in [-0.2, 0) is 4.74 Å². The number of ether oxygens (including phenoxy) is 1. The lowest BCUT2D eigenvalue weighted by Crippen LogP contribution is -2.33. The summed E-state index contributed by atoms with van der Waals surface area (Å²) < 4.78 is 7.03. The summed E-state index contributed by atoms with van der Waals surface area (Å²) >= 11 is 0. The molecule has 18 heavy (non-hydrogen) atoms. The minimum Gasteiger partial charge on any atom is -0.383 e. The van der Waals surface area contributed by atoms with Crippen molar-refractivity contribution >= 4 is 5.91 Å². The summed E-state index contributed by atoms with van der Waals surface area (Å²) in [4.78, 5) is 12.0. The van der Waals surface area contributed by atoms with Gasteiger partial charge in [0.1, 0.15) is 5.69 Å². The largest absolute Gasteiger partial charge is 0.383 e. The summed E-state index contributed by atoms with van der Waals surface area (Å²) in [5, 5.41) is 6.20. The standard InChI is InChI=1S/C13H21N3O2/c1-18-10-8-15-13(17)12-3-2-9-16(12)11-4-6-14-7-5-11/h2-3,9,11,14H,4-8,10H2,1H3,(H,15,17). The molecule has 0 spiro atoms. The molecule has 0 aromatic carbocycles. The third-order valence-electron chi connectivity index (χ3n) is 3.31. The smallest absolute Gasteiger partial charge is 0.267 e. The third kappa shape index (κ3) is 3.11. The summed E-state index contributed by atoms with van der Waals surface area (Å²) in [6, 6.07) is 4.25. The molecule has 2 N–H and O–H groups in total. The molecule has 0 aliphatic carbocycles. The molecule has 1 aliphatic heterocycles. The number of piperidine rings is 1. The van der Waals surface area contributed by atoms with E-state index in [0.29, 0.717) is 19.2 Å². The number of carbonyl (C=O) groups is 1. The number of methoxy groups -OCH3 is 1. The Hall–Kier alpha value is -1.33. The highest BCUT2D eigenvalue weighted by Crippen LogP contribution is 2.21. The summed E-state index contributed by atoms with van der Waals surface area (Å²) in [6.07, 6.45) is 4.15. The van der Waals surface area contributed by atoms with Crippen molar-refractivity contribution in [1.29, 1.82) is 0 Å². The highest BCUT2D eigenvalue weighted by molar-refractivity contribution is 5.92. The number of nitrogens with one attached hydrogen (secondary N) is 2. The van der Waals surface area contributed by atoms with Gasteiger partial charge in [0.15, 0.2) is 0 Å². The number of amides is 1. The molecular weight excluding hydrogens is 230 g/mol. The maximum Gasteiger partial charge on any atom is 0.267 e. The molecule has 2 heterocycles. The van der Waals surface area contributed by atoms with Crippen LogP contribution in [0.3, 0.4) is 0 Å². The second-order valence-corrected chi connectivity index (χ2v) is 4.53. The van der Waals surface area contributed by atoms with Crippen molar-refractivity contribution < 1.29 is 9.53 Å². The summed E-state index contributed by atoms with van der Waals surface area (Å²) in [6.45, 7) is 3.13. The fourth-order valence-electron chi connectivity index (χ4n) is 2.35. The van der Waals surface area contributed by atoms with Gasteiger partial charge < -0.3 is 19.9 Å². The summed E-state index contributed by atoms with van der Waals surface area (Å²) in [7, 11) is 1.63. The van der Waals surface area contributed by atoms with Gasteiger partial charge in [-0.25, -0.2) is 0 Å². The van der Waals surface area contributed by atoms with Crippen LogP contribution < -0.4 is 10.6 Å². The lowest BCUT2D eigenvalue weighted by atomic mass is 10.1. The predicted octanol–water partition coefficient (Wildman–Crippen LogP) is 0.789. The molecule has 2 rings (SSSR count). The van der Waals surface area contributed by atoms with E-state index in [1.807, 2.05) is 18.3 Å². The minimum atomic E-state index is -0.0180. The first-order valence-corrected chi connectivity index (χ1v) is 6.47. The number of carbonyl (C=O) groups excluding carboxylic acids is 1. The van der Waals surface area contributed by atoms with Crippen LogP contribution in [0.15, 0.2) is 18.3 Å². The van der Waals surface area contributed by atoms with Gasteiger partial charge in [0.05, 0.1) is 6.61 Å². The lowest BCUT2D eigenvalue weighted by Gasteiger charge is -2.25. The minimum absolute atomic E-state index is 0.0180. The average molecular weight is 251 g/mol. The van der Waals surface area contributed by atoms with Crippen LogP contribution in [0.5, 0.6) is 0 Å². The fourth-order valence-corrected chi connectivity index (χ4v) is 2.35. The fraction of sp³-hybridized carbons (Fsp3) is 0.615. The molecule has 1 aromatic heterocycles. The van der Waals surface area contributed by atoms with Gasteiger partial charge in [-0.2, -0.15) is 0 Å². The molecule has 0 atom stereocenters. The maximum absolute atomic E-state index is 12.0. The number of hydrogen-bond acceptors (Lipinski definition) is 3. The zero-order chi connectivity index (χ0) is 12.8. The van der Waals surface area contributed by atoms with E-state index in [1.165, 1.54) is 0 Å². The van der Waals surface area contributed by atoms with Crippen LogP contribution in [0.1, 0.15) is 29.4 Å². The number of rotatable bonds is 5. The summed E-state index contributed by atoms with van der Waals surface area (Å²) in [5.74, 6) is -0.0180. The Morgan fingerprint density at radius 3 is 3.06 bits per heavy atom. The summed E-state index contributed by atoms with van der Waals surface area (Å²) in [5.41, 5.74) is 0.748. The molecule has 0 radical (unpaired) electrons. The Bertz CT molecular complexity index is 383.